The molecular formula is C14H16N2O4S. The highest BCUT2D eigenvalue weighted by Crippen LogP contribution is 2.19. The average molecular weight is 308 g/mol. The molecular weight excluding hydrogens is 292 g/mol. The Balaban J connectivity index is 2.17. The Kier molecular flexibility index (Phi) is 4.32. The summed E-state index contributed by atoms with van der Waals surface area (Å²) in [5, 5.41) is 0. The van der Waals surface area contributed by atoms with Crippen LogP contribution in [0.25, 0.3) is 0 Å². The summed E-state index contributed by atoms with van der Waals surface area (Å²) in [7, 11) is -3.73. The second-order valence-corrected chi connectivity index (χ2v) is 6.37. The molecule has 0 spiro atoms. The summed E-state index contributed by atoms with van der Waals surface area (Å²) >= 11 is 0. The van der Waals surface area contributed by atoms with Crippen LogP contribution in [0.3, 0.4) is 0 Å². The first-order valence-electron chi connectivity index (χ1n) is 6.35. The van der Waals surface area contributed by atoms with Crippen LogP contribution in [0.15, 0.2) is 52.3 Å². The molecule has 2 N–H and O–H groups in total. The maximum Gasteiger partial charge on any atom is 0.263 e. The number of hydrogen-bond acceptors (Lipinski definition) is 4. The van der Waals surface area contributed by atoms with Crippen LogP contribution in [0.5, 0.6) is 5.75 Å². The van der Waals surface area contributed by atoms with Gasteiger partial charge in [-0.3, -0.25) is 9.52 Å². The molecule has 0 saturated heterocycles. The van der Waals surface area contributed by atoms with Crippen molar-refractivity contribution in [3.05, 3.63) is 52.9 Å². The van der Waals surface area contributed by atoms with Crippen molar-refractivity contribution in [2.24, 2.45) is 0 Å². The lowest BCUT2D eigenvalue weighted by molar-refractivity contribution is 0.242. The number of hydrogen-bond donors (Lipinski definition) is 2. The highest BCUT2D eigenvalue weighted by atomic mass is 32.2. The fraction of sp³-hybridized carbons (Fsp3) is 0.214. The zero-order chi connectivity index (χ0) is 15.5. The van der Waals surface area contributed by atoms with E-state index >= 15 is 0 Å². The van der Waals surface area contributed by atoms with E-state index in [1.54, 1.807) is 24.3 Å². The number of anilines is 1. The summed E-state index contributed by atoms with van der Waals surface area (Å²) in [4.78, 5) is 13.3. The molecule has 0 bridgehead atoms. The third-order valence-corrected chi connectivity index (χ3v) is 3.92. The van der Waals surface area contributed by atoms with E-state index in [4.69, 9.17) is 4.74 Å². The van der Waals surface area contributed by atoms with Gasteiger partial charge >= 0.3 is 0 Å². The number of sulfonamides is 1. The minimum Gasteiger partial charge on any atom is -0.491 e. The van der Waals surface area contributed by atoms with Crippen LogP contribution >= 0.6 is 0 Å². The Hall–Kier alpha value is -2.28. The summed E-state index contributed by atoms with van der Waals surface area (Å²) in [5.74, 6) is 0.664. The zero-order valence-corrected chi connectivity index (χ0v) is 12.5. The van der Waals surface area contributed by atoms with Gasteiger partial charge in [-0.25, -0.2) is 8.42 Å². The summed E-state index contributed by atoms with van der Waals surface area (Å²) < 4.78 is 32.1. The molecule has 0 aliphatic heterocycles. The maximum atomic E-state index is 12.1. The van der Waals surface area contributed by atoms with E-state index < -0.39 is 10.0 Å². The van der Waals surface area contributed by atoms with Crippen molar-refractivity contribution < 1.29 is 13.2 Å². The molecule has 1 aromatic carbocycles. The minimum atomic E-state index is -3.73. The van der Waals surface area contributed by atoms with Crippen LogP contribution in [0, 0.1) is 0 Å². The molecule has 1 aromatic heterocycles. The van der Waals surface area contributed by atoms with Gasteiger partial charge in [-0.1, -0.05) is 0 Å². The lowest BCUT2D eigenvalue weighted by Crippen LogP contribution is -2.15. The van der Waals surface area contributed by atoms with E-state index in [9.17, 15) is 13.2 Å². The molecule has 0 amide bonds. The average Bonchev–Trinajstić information content (AvgIpc) is 2.40. The number of rotatable bonds is 5. The van der Waals surface area contributed by atoms with Gasteiger partial charge in [-0.05, 0) is 44.2 Å². The van der Waals surface area contributed by atoms with E-state index in [0.717, 1.165) is 12.3 Å². The predicted molar refractivity (Wildman–Crippen MR) is 80.1 cm³/mol. The Bertz CT molecular complexity index is 744. The van der Waals surface area contributed by atoms with Crippen LogP contribution < -0.4 is 15.0 Å². The number of pyridine rings is 1. The fourth-order valence-electron chi connectivity index (χ4n) is 1.65. The molecule has 2 aromatic rings. The first kappa shape index (κ1) is 15.1. The van der Waals surface area contributed by atoms with Gasteiger partial charge in [0.1, 0.15) is 10.6 Å². The monoisotopic (exact) mass is 308 g/mol. The van der Waals surface area contributed by atoms with Crippen LogP contribution in [-0.2, 0) is 10.0 Å². The lowest BCUT2D eigenvalue weighted by atomic mass is 10.3. The lowest BCUT2D eigenvalue weighted by Gasteiger charge is -2.11. The largest absolute Gasteiger partial charge is 0.491 e. The number of benzene rings is 1. The van der Waals surface area contributed by atoms with Crippen LogP contribution in [-0.4, -0.2) is 19.5 Å². The van der Waals surface area contributed by atoms with Crippen molar-refractivity contribution in [2.45, 2.75) is 24.8 Å². The molecule has 0 atom stereocenters. The molecule has 0 saturated carbocycles. The van der Waals surface area contributed by atoms with Crippen molar-refractivity contribution >= 4 is 15.7 Å². The first-order chi connectivity index (χ1) is 9.87. The Morgan fingerprint density at radius 1 is 1.10 bits per heavy atom. The van der Waals surface area contributed by atoms with E-state index in [2.05, 4.69) is 9.71 Å². The van der Waals surface area contributed by atoms with Crippen molar-refractivity contribution in [1.29, 1.82) is 0 Å². The second kappa shape index (κ2) is 6.01. The standard InChI is InChI=1S/C14H16N2O4S/c1-10(2)20-12-5-3-11(4-6-12)16-21(18,19)13-7-8-14(17)15-9-13/h3-10,16H,1-2H3,(H,15,17). The van der Waals surface area contributed by atoms with Gasteiger partial charge in [0.05, 0.1) is 6.10 Å². The Morgan fingerprint density at radius 2 is 1.76 bits per heavy atom. The van der Waals surface area contributed by atoms with Crippen molar-refractivity contribution in [3.8, 4) is 5.75 Å². The van der Waals surface area contributed by atoms with Crippen molar-refractivity contribution in [3.63, 3.8) is 0 Å². The highest BCUT2D eigenvalue weighted by molar-refractivity contribution is 7.92. The molecule has 21 heavy (non-hydrogen) atoms. The topological polar surface area (TPSA) is 88.3 Å². The summed E-state index contributed by atoms with van der Waals surface area (Å²) in [6.07, 6.45) is 1.20. The fourth-order valence-corrected chi connectivity index (χ4v) is 2.68. The van der Waals surface area contributed by atoms with Gasteiger partial charge in [0.2, 0.25) is 5.56 Å². The van der Waals surface area contributed by atoms with Crippen LogP contribution in [0.1, 0.15) is 13.8 Å². The van der Waals surface area contributed by atoms with Gasteiger partial charge in [-0.2, -0.15) is 0 Å². The molecule has 7 heteroatoms. The molecule has 0 unspecified atom stereocenters. The van der Waals surface area contributed by atoms with E-state index in [-0.39, 0.29) is 16.6 Å². The zero-order valence-electron chi connectivity index (χ0n) is 11.7. The van der Waals surface area contributed by atoms with Crippen LogP contribution in [0.4, 0.5) is 5.69 Å². The molecule has 0 radical (unpaired) electrons. The molecule has 1 heterocycles. The van der Waals surface area contributed by atoms with Gasteiger partial charge in [0.25, 0.3) is 10.0 Å². The number of aromatic nitrogens is 1. The summed E-state index contributed by atoms with van der Waals surface area (Å²) in [6.45, 7) is 3.82. The smallest absolute Gasteiger partial charge is 0.263 e. The van der Waals surface area contributed by atoms with E-state index in [1.165, 1.54) is 6.07 Å². The van der Waals surface area contributed by atoms with Gasteiger partial charge in [-0.15, -0.1) is 0 Å². The molecule has 0 aliphatic rings. The van der Waals surface area contributed by atoms with Gasteiger partial charge < -0.3 is 9.72 Å². The quantitative estimate of drug-likeness (QED) is 0.884. The summed E-state index contributed by atoms with van der Waals surface area (Å²) in [5.41, 5.74) is 0.0569. The normalized spacial score (nSPS) is 11.4. The van der Waals surface area contributed by atoms with E-state index in [0.29, 0.717) is 11.4 Å². The molecule has 112 valence electrons. The summed E-state index contributed by atoms with van der Waals surface area (Å²) in [6, 6.07) is 9.00. The highest BCUT2D eigenvalue weighted by Gasteiger charge is 2.14. The minimum absolute atomic E-state index is 0.00962. The number of H-pyrrole nitrogens is 1. The van der Waals surface area contributed by atoms with E-state index in [1.807, 2.05) is 13.8 Å². The number of ether oxygens (including phenoxy) is 1. The Labute approximate surface area is 122 Å². The van der Waals surface area contributed by atoms with Crippen molar-refractivity contribution in [1.82, 2.24) is 4.98 Å². The molecule has 0 aliphatic carbocycles. The first-order valence-corrected chi connectivity index (χ1v) is 7.83. The predicted octanol–water partition coefficient (Wildman–Crippen LogP) is 1.96. The van der Waals surface area contributed by atoms with Crippen LogP contribution in [0.2, 0.25) is 0 Å². The molecule has 2 rings (SSSR count). The third-order valence-electron chi connectivity index (χ3n) is 2.54. The third kappa shape index (κ3) is 4.09. The number of aromatic amines is 1. The van der Waals surface area contributed by atoms with Gasteiger partial charge in [0, 0.05) is 18.0 Å². The van der Waals surface area contributed by atoms with Crippen molar-refractivity contribution in [2.75, 3.05) is 4.72 Å². The Morgan fingerprint density at radius 3 is 2.29 bits per heavy atom. The van der Waals surface area contributed by atoms with Gasteiger partial charge in [0.15, 0.2) is 0 Å². The maximum absolute atomic E-state index is 12.1. The SMILES string of the molecule is CC(C)Oc1ccc(NS(=O)(=O)c2ccc(=O)[nH]c2)cc1. The molecule has 0 fully saturated rings. The number of nitrogens with one attached hydrogen (secondary N) is 2. The molecule has 6 nitrogen and oxygen atoms in total. The second-order valence-electron chi connectivity index (χ2n) is 4.69.